The van der Waals surface area contributed by atoms with Crippen LogP contribution in [0.25, 0.3) is 0 Å². The maximum atomic E-state index is 14.0. The predicted octanol–water partition coefficient (Wildman–Crippen LogP) is 2.28. The predicted molar refractivity (Wildman–Crippen MR) is 138 cm³/mol. The minimum absolute atomic E-state index is 0.0246. The minimum Gasteiger partial charge on any atom is -0.391 e. The summed E-state index contributed by atoms with van der Waals surface area (Å²) in [5.74, 6) is -4.20. The van der Waals surface area contributed by atoms with Gasteiger partial charge < -0.3 is 15.3 Å². The molecule has 2 aliphatic heterocycles. The number of hydrogen-bond donors (Lipinski definition) is 3. The Hall–Kier alpha value is -3.10. The van der Waals surface area contributed by atoms with Gasteiger partial charge in [-0.2, -0.15) is 8.42 Å². The summed E-state index contributed by atoms with van der Waals surface area (Å²) in [5, 5.41) is 14.4. The molecule has 1 amide bonds. The highest BCUT2D eigenvalue weighted by Gasteiger charge is 2.60. The molecule has 208 valence electrons. The van der Waals surface area contributed by atoms with Gasteiger partial charge in [-0.25, -0.2) is 17.2 Å². The SMILES string of the molecule is CS(=O)(=O)Nc1ccc2c(c1)S(=O)(=O)N=C(C1C(=O)N(Cc3ccc(F)c(F)c3)C3C4CCC(C4)C3C1O)N2. The van der Waals surface area contributed by atoms with E-state index in [1.807, 2.05) is 0 Å². The van der Waals surface area contributed by atoms with Gasteiger partial charge in [0.2, 0.25) is 15.9 Å². The Bertz CT molecular complexity index is 1630. The molecule has 0 radical (unpaired) electrons. The number of nitrogens with one attached hydrogen (secondary N) is 2. The van der Waals surface area contributed by atoms with Crippen LogP contribution in [0.4, 0.5) is 20.2 Å². The van der Waals surface area contributed by atoms with Gasteiger partial charge in [-0.1, -0.05) is 6.07 Å². The van der Waals surface area contributed by atoms with Crippen LogP contribution in [0.3, 0.4) is 0 Å². The molecule has 6 atom stereocenters. The molecule has 4 aliphatic rings. The summed E-state index contributed by atoms with van der Waals surface area (Å²) in [6, 6.07) is 6.96. The molecule has 39 heavy (non-hydrogen) atoms. The molecular weight excluding hydrogens is 554 g/mol. The zero-order valence-electron chi connectivity index (χ0n) is 20.7. The lowest BCUT2D eigenvalue weighted by Gasteiger charge is -2.49. The largest absolute Gasteiger partial charge is 0.391 e. The van der Waals surface area contributed by atoms with E-state index < -0.39 is 49.6 Å². The maximum absolute atomic E-state index is 14.0. The number of hydrogen-bond acceptors (Lipinski definition) is 7. The number of piperidine rings is 1. The van der Waals surface area contributed by atoms with E-state index in [1.54, 1.807) is 4.90 Å². The highest BCUT2D eigenvalue weighted by atomic mass is 32.2. The summed E-state index contributed by atoms with van der Waals surface area (Å²) >= 11 is 0. The molecule has 6 unspecified atom stereocenters. The third-order valence-corrected chi connectivity index (χ3v) is 10.2. The van der Waals surface area contributed by atoms with Gasteiger partial charge in [-0.05, 0) is 67.0 Å². The molecule has 3 N–H and O–H groups in total. The van der Waals surface area contributed by atoms with Crippen LogP contribution in [0.15, 0.2) is 45.7 Å². The normalized spacial score (nSPS) is 30.8. The highest BCUT2D eigenvalue weighted by molar-refractivity contribution is 7.92. The number of rotatable bonds is 5. The first-order valence-corrected chi connectivity index (χ1v) is 15.8. The second-order valence-corrected chi connectivity index (χ2v) is 14.1. The number of amides is 1. The van der Waals surface area contributed by atoms with Crippen molar-refractivity contribution in [1.29, 1.82) is 0 Å². The molecular formula is C25H26F2N4O6S2. The summed E-state index contributed by atoms with van der Waals surface area (Å²) in [6.07, 6.45) is 2.31. The smallest absolute Gasteiger partial charge is 0.286 e. The number of halogens is 2. The van der Waals surface area contributed by atoms with Gasteiger partial charge in [-0.3, -0.25) is 9.52 Å². The van der Waals surface area contributed by atoms with Crippen LogP contribution >= 0.6 is 0 Å². The van der Waals surface area contributed by atoms with E-state index in [0.29, 0.717) is 5.56 Å². The van der Waals surface area contributed by atoms with Crippen LogP contribution in [-0.4, -0.2) is 57.0 Å². The monoisotopic (exact) mass is 580 g/mol. The number of anilines is 2. The summed E-state index contributed by atoms with van der Waals surface area (Å²) in [6.45, 7) is -0.0270. The fourth-order valence-electron chi connectivity index (χ4n) is 6.83. The van der Waals surface area contributed by atoms with Crippen LogP contribution in [0, 0.1) is 35.3 Å². The quantitative estimate of drug-likeness (QED) is 0.492. The Kier molecular flexibility index (Phi) is 6.01. The summed E-state index contributed by atoms with van der Waals surface area (Å²) in [4.78, 5) is 15.2. The van der Waals surface area contributed by atoms with Gasteiger partial charge in [0.15, 0.2) is 11.6 Å². The lowest BCUT2D eigenvalue weighted by atomic mass is 9.72. The molecule has 0 aromatic heterocycles. The van der Waals surface area contributed by atoms with Gasteiger partial charge in [-0.15, -0.1) is 4.40 Å². The minimum atomic E-state index is -4.37. The second kappa shape index (κ2) is 8.96. The van der Waals surface area contributed by atoms with Crippen LogP contribution in [0.1, 0.15) is 24.8 Å². The molecule has 0 spiro atoms. The molecule has 2 bridgehead atoms. The number of benzene rings is 2. The second-order valence-electron chi connectivity index (χ2n) is 10.7. The first kappa shape index (κ1) is 26.1. The number of nitrogens with zero attached hydrogens (tertiary/aromatic N) is 2. The van der Waals surface area contributed by atoms with Crippen molar-refractivity contribution in [1.82, 2.24) is 4.90 Å². The third kappa shape index (κ3) is 4.47. The maximum Gasteiger partial charge on any atom is 0.286 e. The topological polar surface area (TPSA) is 145 Å². The Morgan fingerprint density at radius 1 is 1.13 bits per heavy atom. The zero-order chi connectivity index (χ0) is 27.9. The Labute approximate surface area is 224 Å². The first-order chi connectivity index (χ1) is 18.3. The Morgan fingerprint density at radius 2 is 1.87 bits per heavy atom. The lowest BCUT2D eigenvalue weighted by molar-refractivity contribution is -0.155. The van der Waals surface area contributed by atoms with Crippen LogP contribution in [0.5, 0.6) is 0 Å². The molecule has 2 aromatic rings. The van der Waals surface area contributed by atoms with E-state index in [9.17, 15) is 35.5 Å². The van der Waals surface area contributed by atoms with Gasteiger partial charge in [0.1, 0.15) is 16.6 Å². The molecule has 1 saturated heterocycles. The van der Waals surface area contributed by atoms with E-state index in [1.165, 1.54) is 18.2 Å². The van der Waals surface area contributed by atoms with Crippen molar-refractivity contribution in [3.8, 4) is 0 Å². The first-order valence-electron chi connectivity index (χ1n) is 12.5. The molecule has 3 fully saturated rings. The van der Waals surface area contributed by atoms with Crippen molar-refractivity contribution in [2.75, 3.05) is 16.3 Å². The van der Waals surface area contributed by atoms with Crippen molar-refractivity contribution in [3.05, 3.63) is 53.6 Å². The van der Waals surface area contributed by atoms with Gasteiger partial charge in [0, 0.05) is 24.2 Å². The molecule has 6 rings (SSSR count). The van der Waals surface area contributed by atoms with Gasteiger partial charge in [0.25, 0.3) is 10.0 Å². The molecule has 14 heteroatoms. The number of aliphatic hydroxyl groups excluding tert-OH is 1. The lowest BCUT2D eigenvalue weighted by Crippen LogP contribution is -2.63. The number of carbonyl (C=O) groups is 1. The average Bonchev–Trinajstić information content (AvgIpc) is 3.46. The zero-order valence-corrected chi connectivity index (χ0v) is 22.3. The molecule has 2 aliphatic carbocycles. The van der Waals surface area contributed by atoms with Gasteiger partial charge in [0.05, 0.1) is 18.0 Å². The van der Waals surface area contributed by atoms with E-state index in [2.05, 4.69) is 14.4 Å². The fourth-order valence-corrected chi connectivity index (χ4v) is 8.57. The highest BCUT2D eigenvalue weighted by Crippen LogP contribution is 2.55. The molecule has 10 nitrogen and oxygen atoms in total. The number of amidine groups is 1. The Balaban J connectivity index is 1.37. The van der Waals surface area contributed by atoms with Gasteiger partial charge >= 0.3 is 0 Å². The number of fused-ring (bicyclic) bond motifs is 6. The molecule has 2 heterocycles. The van der Waals surface area contributed by atoms with Crippen molar-refractivity contribution in [3.63, 3.8) is 0 Å². The van der Waals surface area contributed by atoms with E-state index in [-0.39, 0.29) is 52.4 Å². The Morgan fingerprint density at radius 3 is 2.59 bits per heavy atom. The fraction of sp³-hybridized carbons (Fsp3) is 0.440. The number of likely N-dealkylation sites (tertiary alicyclic amines) is 1. The molecule has 2 saturated carbocycles. The van der Waals surface area contributed by atoms with Crippen LogP contribution in [-0.2, 0) is 31.4 Å². The van der Waals surface area contributed by atoms with E-state index in [0.717, 1.165) is 43.7 Å². The third-order valence-electron chi connectivity index (χ3n) is 8.26. The van der Waals surface area contributed by atoms with E-state index in [4.69, 9.17) is 0 Å². The van der Waals surface area contributed by atoms with Crippen LogP contribution < -0.4 is 10.0 Å². The van der Waals surface area contributed by atoms with E-state index >= 15 is 0 Å². The van der Waals surface area contributed by atoms with Crippen molar-refractivity contribution < 1.29 is 35.5 Å². The average molecular weight is 581 g/mol. The number of carbonyl (C=O) groups excluding carboxylic acids is 1. The number of sulfonamides is 2. The standard InChI is InChI=1S/C25H26F2N4O6S2/c1-38(34,35)29-15-5-7-18-19(10-15)39(36,37)30-24(28-18)21-23(32)20-13-3-4-14(9-13)22(20)31(25(21)33)11-12-2-6-16(26)17(27)8-12/h2,5-8,10,13-14,20-23,29,32H,3-4,9,11H2,1H3,(H,28,30). The number of aliphatic hydroxyl groups is 1. The molecule has 2 aromatic carbocycles. The van der Waals surface area contributed by atoms with Crippen molar-refractivity contribution in [2.24, 2.45) is 28.1 Å². The summed E-state index contributed by atoms with van der Waals surface area (Å²) in [5.41, 5.74) is 0.485. The summed E-state index contributed by atoms with van der Waals surface area (Å²) < 4.78 is 83.1. The van der Waals surface area contributed by atoms with Crippen molar-refractivity contribution in [2.45, 2.75) is 42.8 Å². The van der Waals surface area contributed by atoms with Crippen molar-refractivity contribution >= 4 is 43.2 Å². The van der Waals surface area contributed by atoms with Crippen LogP contribution in [0.2, 0.25) is 0 Å². The summed E-state index contributed by atoms with van der Waals surface area (Å²) in [7, 11) is -8.03.